The van der Waals surface area contributed by atoms with Gasteiger partial charge in [-0.15, -0.1) is 0 Å². The molecule has 1 spiro atoms. The number of aliphatic hydroxyl groups is 1. The Bertz CT molecular complexity index is 751. The van der Waals surface area contributed by atoms with Gasteiger partial charge in [-0.05, 0) is 18.8 Å². The minimum atomic E-state index is -0.940. The Labute approximate surface area is 164 Å². The highest BCUT2D eigenvalue weighted by Crippen LogP contribution is 2.38. The van der Waals surface area contributed by atoms with E-state index < -0.39 is 5.54 Å². The van der Waals surface area contributed by atoms with Gasteiger partial charge in [0.25, 0.3) is 11.8 Å². The lowest BCUT2D eigenvalue weighted by Crippen LogP contribution is -2.58. The lowest BCUT2D eigenvalue weighted by Gasteiger charge is -2.42. The number of urea groups is 1. The van der Waals surface area contributed by atoms with Gasteiger partial charge >= 0.3 is 6.03 Å². The van der Waals surface area contributed by atoms with Gasteiger partial charge in [0.1, 0.15) is 11.3 Å². The molecule has 0 aliphatic carbocycles. The molecule has 1 N–H and O–H groups in total. The number of imide groups is 1. The van der Waals surface area contributed by atoms with Crippen molar-refractivity contribution in [3.05, 3.63) is 17.8 Å². The maximum Gasteiger partial charge on any atom is 0.327 e. The van der Waals surface area contributed by atoms with E-state index in [0.29, 0.717) is 50.4 Å². The summed E-state index contributed by atoms with van der Waals surface area (Å²) in [6.07, 6.45) is 2.59. The second-order valence-electron chi connectivity index (χ2n) is 7.77. The molecule has 1 aromatic rings. The fourth-order valence-corrected chi connectivity index (χ4v) is 4.11. The van der Waals surface area contributed by atoms with Crippen molar-refractivity contribution in [1.82, 2.24) is 19.7 Å². The number of amides is 4. The molecule has 0 aromatic carbocycles. The van der Waals surface area contributed by atoms with Crippen molar-refractivity contribution in [1.29, 1.82) is 0 Å². The third-order valence-electron chi connectivity index (χ3n) is 5.54. The van der Waals surface area contributed by atoms with Crippen LogP contribution in [-0.4, -0.2) is 81.0 Å². The maximum atomic E-state index is 13.1. The number of piperidine rings is 1. The normalized spacial score (nSPS) is 19.4. The molecule has 2 saturated heterocycles. The van der Waals surface area contributed by atoms with E-state index in [1.807, 2.05) is 20.8 Å². The number of hydrogen-bond donors (Lipinski definition) is 1. The van der Waals surface area contributed by atoms with E-state index in [4.69, 9.17) is 4.42 Å². The Kier molecular flexibility index (Phi) is 5.74. The number of carbonyl (C=O) groups is 3. The standard InChI is InChI=1S/C19H28N4O5/c1-4-14-15(20-12-28-14)16(25)21-7-5-19(6-8-21)17(26)22(9-10-24)18(27)23(19)11-13(2)3/h12-13,24H,4-11H2,1-3H3. The Balaban J connectivity index is 1.80. The van der Waals surface area contributed by atoms with Crippen molar-refractivity contribution < 1.29 is 23.9 Å². The number of oxazole rings is 1. The van der Waals surface area contributed by atoms with Gasteiger partial charge in [-0.2, -0.15) is 0 Å². The van der Waals surface area contributed by atoms with Crippen LogP contribution in [0.5, 0.6) is 0 Å². The second-order valence-corrected chi connectivity index (χ2v) is 7.77. The lowest BCUT2D eigenvalue weighted by molar-refractivity contribution is -0.135. The molecule has 3 rings (SSSR count). The first-order chi connectivity index (χ1) is 13.4. The summed E-state index contributed by atoms with van der Waals surface area (Å²) in [4.78, 5) is 47.2. The third-order valence-corrected chi connectivity index (χ3v) is 5.54. The van der Waals surface area contributed by atoms with E-state index in [0.717, 1.165) is 4.90 Å². The van der Waals surface area contributed by atoms with Gasteiger partial charge in [0.15, 0.2) is 12.1 Å². The molecular formula is C19H28N4O5. The van der Waals surface area contributed by atoms with Crippen molar-refractivity contribution >= 4 is 17.8 Å². The van der Waals surface area contributed by atoms with Gasteiger partial charge in [0.05, 0.1) is 13.2 Å². The molecule has 0 saturated carbocycles. The molecule has 28 heavy (non-hydrogen) atoms. The summed E-state index contributed by atoms with van der Waals surface area (Å²) in [6.45, 7) is 6.79. The summed E-state index contributed by atoms with van der Waals surface area (Å²) < 4.78 is 5.26. The highest BCUT2D eigenvalue weighted by Gasteiger charge is 2.58. The van der Waals surface area contributed by atoms with Gasteiger partial charge in [0.2, 0.25) is 0 Å². The largest absolute Gasteiger partial charge is 0.448 e. The van der Waals surface area contributed by atoms with E-state index in [-0.39, 0.29) is 36.9 Å². The van der Waals surface area contributed by atoms with Gasteiger partial charge in [0, 0.05) is 26.1 Å². The van der Waals surface area contributed by atoms with Crippen LogP contribution in [0.2, 0.25) is 0 Å². The van der Waals surface area contributed by atoms with Crippen molar-refractivity contribution in [3.8, 4) is 0 Å². The monoisotopic (exact) mass is 392 g/mol. The van der Waals surface area contributed by atoms with Crippen LogP contribution in [0, 0.1) is 5.92 Å². The number of rotatable bonds is 6. The van der Waals surface area contributed by atoms with E-state index in [9.17, 15) is 19.5 Å². The highest BCUT2D eigenvalue weighted by molar-refractivity contribution is 6.07. The summed E-state index contributed by atoms with van der Waals surface area (Å²) in [5.74, 6) is 0.271. The zero-order chi connectivity index (χ0) is 20.5. The SMILES string of the molecule is CCc1ocnc1C(=O)N1CCC2(CC1)C(=O)N(CCO)C(=O)N2CC(C)C. The van der Waals surface area contributed by atoms with Gasteiger partial charge < -0.3 is 19.3 Å². The summed E-state index contributed by atoms with van der Waals surface area (Å²) >= 11 is 0. The minimum absolute atomic E-state index is 0.00451. The van der Waals surface area contributed by atoms with Crippen LogP contribution < -0.4 is 0 Å². The molecule has 3 heterocycles. The summed E-state index contributed by atoms with van der Waals surface area (Å²) in [5, 5.41) is 9.25. The molecule has 0 bridgehead atoms. The van der Waals surface area contributed by atoms with Crippen molar-refractivity contribution in [2.45, 2.75) is 45.6 Å². The Morgan fingerprint density at radius 2 is 2.00 bits per heavy atom. The number of aliphatic hydroxyl groups excluding tert-OH is 1. The number of aromatic nitrogens is 1. The van der Waals surface area contributed by atoms with Crippen LogP contribution in [0.15, 0.2) is 10.8 Å². The van der Waals surface area contributed by atoms with Crippen LogP contribution >= 0.6 is 0 Å². The molecule has 154 valence electrons. The Morgan fingerprint density at radius 1 is 1.32 bits per heavy atom. The van der Waals surface area contributed by atoms with Crippen LogP contribution in [0.4, 0.5) is 4.79 Å². The Hall–Kier alpha value is -2.42. The topological polar surface area (TPSA) is 107 Å². The minimum Gasteiger partial charge on any atom is -0.448 e. The second kappa shape index (κ2) is 7.90. The quantitative estimate of drug-likeness (QED) is 0.727. The summed E-state index contributed by atoms with van der Waals surface area (Å²) in [7, 11) is 0. The molecule has 9 heteroatoms. The van der Waals surface area contributed by atoms with Crippen LogP contribution in [0.3, 0.4) is 0 Å². The molecule has 2 aliphatic heterocycles. The first kappa shape index (κ1) is 20.3. The number of nitrogens with zero attached hydrogens (tertiary/aromatic N) is 4. The van der Waals surface area contributed by atoms with Crippen LogP contribution in [0.1, 0.15) is 49.9 Å². The molecule has 0 unspecified atom stereocenters. The first-order valence-electron chi connectivity index (χ1n) is 9.81. The van der Waals surface area contributed by atoms with E-state index in [2.05, 4.69) is 4.98 Å². The molecule has 2 fully saturated rings. The zero-order valence-corrected chi connectivity index (χ0v) is 16.7. The molecular weight excluding hydrogens is 364 g/mol. The predicted molar refractivity (Wildman–Crippen MR) is 99.5 cm³/mol. The molecule has 4 amide bonds. The highest BCUT2D eigenvalue weighted by atomic mass is 16.3. The van der Waals surface area contributed by atoms with E-state index in [1.54, 1.807) is 9.80 Å². The molecule has 0 radical (unpaired) electrons. The fraction of sp³-hybridized carbons (Fsp3) is 0.684. The maximum absolute atomic E-state index is 13.1. The lowest BCUT2D eigenvalue weighted by atomic mass is 9.85. The third kappa shape index (κ3) is 3.28. The van der Waals surface area contributed by atoms with Crippen molar-refractivity contribution in [2.75, 3.05) is 32.8 Å². The molecule has 1 aromatic heterocycles. The van der Waals surface area contributed by atoms with E-state index in [1.165, 1.54) is 6.39 Å². The molecule has 9 nitrogen and oxygen atoms in total. The van der Waals surface area contributed by atoms with Gasteiger partial charge in [-0.3, -0.25) is 14.5 Å². The first-order valence-corrected chi connectivity index (χ1v) is 9.81. The fourth-order valence-electron chi connectivity index (χ4n) is 4.11. The number of likely N-dealkylation sites (tertiary alicyclic amines) is 1. The number of β-amino-alcohol motifs (C(OH)–C–C–N with tert-alkyl or cyclic N) is 1. The van der Waals surface area contributed by atoms with Crippen molar-refractivity contribution in [2.24, 2.45) is 5.92 Å². The number of aryl methyl sites for hydroxylation is 1. The van der Waals surface area contributed by atoms with Crippen molar-refractivity contribution in [3.63, 3.8) is 0 Å². The summed E-state index contributed by atoms with van der Waals surface area (Å²) in [6, 6.07) is -0.350. The number of carbonyl (C=O) groups excluding carboxylic acids is 3. The van der Waals surface area contributed by atoms with Crippen LogP contribution in [0.25, 0.3) is 0 Å². The van der Waals surface area contributed by atoms with E-state index >= 15 is 0 Å². The molecule has 0 atom stereocenters. The average Bonchev–Trinajstić information content (AvgIpc) is 3.23. The Morgan fingerprint density at radius 3 is 2.57 bits per heavy atom. The predicted octanol–water partition coefficient (Wildman–Crippen LogP) is 1.12. The van der Waals surface area contributed by atoms with Crippen LogP contribution in [-0.2, 0) is 11.2 Å². The van der Waals surface area contributed by atoms with Gasteiger partial charge in [-0.25, -0.2) is 9.78 Å². The molecule has 2 aliphatic rings. The van der Waals surface area contributed by atoms with Gasteiger partial charge in [-0.1, -0.05) is 20.8 Å². The smallest absolute Gasteiger partial charge is 0.327 e. The summed E-state index contributed by atoms with van der Waals surface area (Å²) in [5.41, 5.74) is -0.627. The number of hydrogen-bond acceptors (Lipinski definition) is 6. The zero-order valence-electron chi connectivity index (χ0n) is 16.7. The average molecular weight is 392 g/mol.